The summed E-state index contributed by atoms with van der Waals surface area (Å²) >= 11 is 0. The average molecular weight is 740 g/mol. The van der Waals surface area contributed by atoms with Gasteiger partial charge in [0, 0.05) is 27.7 Å². The maximum atomic E-state index is 6.23. The van der Waals surface area contributed by atoms with Crippen molar-refractivity contribution >= 4 is 60.5 Å². The highest BCUT2D eigenvalue weighted by atomic mass is 16.3. The van der Waals surface area contributed by atoms with E-state index >= 15 is 0 Å². The SMILES string of the molecule is c1ccc(-c2ccc(N(c3ccc(-c4cccc(-c5cccc6ccccc56)c4)cc3)c3ccccc3-c3ccc4cc5oc6ccccc6c5cc4c3)cc2)cc1. The van der Waals surface area contributed by atoms with Gasteiger partial charge < -0.3 is 9.32 Å². The Morgan fingerprint density at radius 1 is 0.276 bits per heavy atom. The van der Waals surface area contributed by atoms with Crippen LogP contribution in [-0.2, 0) is 0 Å². The molecule has 2 heteroatoms. The lowest BCUT2D eigenvalue weighted by molar-refractivity contribution is 0.669. The van der Waals surface area contributed by atoms with E-state index in [2.05, 4.69) is 217 Å². The summed E-state index contributed by atoms with van der Waals surface area (Å²) in [6.45, 7) is 0. The van der Waals surface area contributed by atoms with Crippen LogP contribution in [0.25, 0.3) is 88.0 Å². The zero-order chi connectivity index (χ0) is 38.4. The molecule has 0 aliphatic carbocycles. The van der Waals surface area contributed by atoms with Crippen molar-refractivity contribution < 1.29 is 4.42 Å². The lowest BCUT2D eigenvalue weighted by Gasteiger charge is -2.28. The first-order chi connectivity index (χ1) is 28.7. The van der Waals surface area contributed by atoms with Crippen molar-refractivity contribution in [3.8, 4) is 44.5 Å². The first-order valence-electron chi connectivity index (χ1n) is 19.8. The van der Waals surface area contributed by atoms with E-state index < -0.39 is 0 Å². The highest BCUT2D eigenvalue weighted by molar-refractivity contribution is 6.10. The molecule has 272 valence electrons. The summed E-state index contributed by atoms with van der Waals surface area (Å²) in [7, 11) is 0. The van der Waals surface area contributed by atoms with Gasteiger partial charge in [0.15, 0.2) is 0 Å². The van der Waals surface area contributed by atoms with E-state index in [0.717, 1.165) is 55.5 Å². The lowest BCUT2D eigenvalue weighted by atomic mass is 9.95. The van der Waals surface area contributed by atoms with Crippen LogP contribution in [0.5, 0.6) is 0 Å². The summed E-state index contributed by atoms with van der Waals surface area (Å²) in [5, 5.41) is 7.12. The van der Waals surface area contributed by atoms with Gasteiger partial charge in [-0.15, -0.1) is 0 Å². The van der Waals surface area contributed by atoms with Crippen LogP contribution in [0.2, 0.25) is 0 Å². The summed E-state index contributed by atoms with van der Waals surface area (Å²) in [6, 6.07) is 80.8. The number of furan rings is 1. The summed E-state index contributed by atoms with van der Waals surface area (Å²) < 4.78 is 6.23. The summed E-state index contributed by atoms with van der Waals surface area (Å²) in [5.41, 5.74) is 14.6. The third-order valence-corrected chi connectivity index (χ3v) is 11.4. The van der Waals surface area contributed by atoms with Gasteiger partial charge in [-0.05, 0) is 121 Å². The molecule has 1 heterocycles. The molecule has 0 spiro atoms. The van der Waals surface area contributed by atoms with Gasteiger partial charge in [-0.25, -0.2) is 0 Å². The number of hydrogen-bond acceptors (Lipinski definition) is 2. The monoisotopic (exact) mass is 739 g/mol. The molecule has 0 saturated heterocycles. The normalized spacial score (nSPS) is 11.4. The lowest BCUT2D eigenvalue weighted by Crippen LogP contribution is -2.11. The second kappa shape index (κ2) is 14.1. The molecule has 0 amide bonds. The molecule has 0 radical (unpaired) electrons. The third-order valence-electron chi connectivity index (χ3n) is 11.4. The Labute approximate surface area is 337 Å². The van der Waals surface area contributed by atoms with E-state index in [1.165, 1.54) is 49.5 Å². The predicted molar refractivity (Wildman–Crippen MR) is 245 cm³/mol. The smallest absolute Gasteiger partial charge is 0.136 e. The molecule has 10 aromatic carbocycles. The zero-order valence-electron chi connectivity index (χ0n) is 31.7. The Hall–Kier alpha value is -7.68. The molecule has 0 unspecified atom stereocenters. The van der Waals surface area contributed by atoms with Gasteiger partial charge in [-0.2, -0.15) is 0 Å². The minimum Gasteiger partial charge on any atom is -0.456 e. The van der Waals surface area contributed by atoms with E-state index in [1.807, 2.05) is 12.1 Å². The maximum Gasteiger partial charge on any atom is 0.136 e. The van der Waals surface area contributed by atoms with Crippen molar-refractivity contribution in [2.75, 3.05) is 4.90 Å². The third kappa shape index (κ3) is 6.00. The molecule has 1 aromatic heterocycles. The molecule has 58 heavy (non-hydrogen) atoms. The molecule has 0 aliphatic heterocycles. The Bertz CT molecular complexity index is 3260. The van der Waals surface area contributed by atoms with E-state index in [1.54, 1.807) is 0 Å². The van der Waals surface area contributed by atoms with E-state index in [-0.39, 0.29) is 0 Å². The molecule has 0 saturated carbocycles. The number of fused-ring (bicyclic) bond motifs is 5. The molecule has 0 fully saturated rings. The second-order valence-corrected chi connectivity index (χ2v) is 14.9. The Kier molecular flexibility index (Phi) is 8.19. The van der Waals surface area contributed by atoms with Crippen LogP contribution in [0.15, 0.2) is 229 Å². The van der Waals surface area contributed by atoms with Gasteiger partial charge in [0.2, 0.25) is 0 Å². The fraction of sp³-hybridized carbons (Fsp3) is 0. The molecule has 0 N–H and O–H groups in total. The van der Waals surface area contributed by atoms with Crippen LogP contribution < -0.4 is 4.90 Å². The quantitative estimate of drug-likeness (QED) is 0.162. The Balaban J connectivity index is 1.01. The Morgan fingerprint density at radius 3 is 1.67 bits per heavy atom. The van der Waals surface area contributed by atoms with Crippen molar-refractivity contribution in [1.29, 1.82) is 0 Å². The molecule has 0 atom stereocenters. The van der Waals surface area contributed by atoms with Crippen molar-refractivity contribution in [3.05, 3.63) is 224 Å². The number of anilines is 3. The van der Waals surface area contributed by atoms with Crippen molar-refractivity contribution in [1.82, 2.24) is 0 Å². The van der Waals surface area contributed by atoms with E-state index in [4.69, 9.17) is 4.42 Å². The van der Waals surface area contributed by atoms with Gasteiger partial charge in [-0.3, -0.25) is 0 Å². The van der Waals surface area contributed by atoms with Gasteiger partial charge in [0.25, 0.3) is 0 Å². The number of nitrogens with zero attached hydrogens (tertiary/aromatic N) is 1. The van der Waals surface area contributed by atoms with Crippen LogP contribution in [0.1, 0.15) is 0 Å². The second-order valence-electron chi connectivity index (χ2n) is 14.9. The van der Waals surface area contributed by atoms with Crippen LogP contribution in [0, 0.1) is 0 Å². The first-order valence-corrected chi connectivity index (χ1v) is 19.8. The van der Waals surface area contributed by atoms with Crippen LogP contribution in [-0.4, -0.2) is 0 Å². The molecule has 2 nitrogen and oxygen atoms in total. The summed E-state index contributed by atoms with van der Waals surface area (Å²) in [6.07, 6.45) is 0. The molecular formula is C56H37NO. The topological polar surface area (TPSA) is 16.4 Å². The van der Waals surface area contributed by atoms with Gasteiger partial charge in [-0.1, -0.05) is 164 Å². The largest absolute Gasteiger partial charge is 0.456 e. The van der Waals surface area contributed by atoms with Gasteiger partial charge in [0.05, 0.1) is 5.69 Å². The zero-order valence-corrected chi connectivity index (χ0v) is 31.7. The molecule has 0 bridgehead atoms. The fourth-order valence-electron chi connectivity index (χ4n) is 8.56. The number of benzene rings is 10. The molecule has 11 aromatic rings. The van der Waals surface area contributed by atoms with Crippen LogP contribution in [0.4, 0.5) is 17.1 Å². The highest BCUT2D eigenvalue weighted by Gasteiger charge is 2.18. The van der Waals surface area contributed by atoms with Gasteiger partial charge >= 0.3 is 0 Å². The maximum absolute atomic E-state index is 6.23. The molecule has 11 rings (SSSR count). The predicted octanol–water partition coefficient (Wildman–Crippen LogP) is 16.0. The first kappa shape index (κ1) is 33.6. The van der Waals surface area contributed by atoms with Crippen molar-refractivity contribution in [2.45, 2.75) is 0 Å². The minimum atomic E-state index is 0.913. The average Bonchev–Trinajstić information content (AvgIpc) is 3.66. The summed E-state index contributed by atoms with van der Waals surface area (Å²) in [5.74, 6) is 0. The van der Waals surface area contributed by atoms with Crippen molar-refractivity contribution in [3.63, 3.8) is 0 Å². The number of hydrogen-bond donors (Lipinski definition) is 0. The standard InChI is InChI=1S/C56H37NO/c1-2-12-38(13-3-1)39-26-30-47(31-27-39)57(48-32-28-40(29-33-48)42-16-10-17-44(34-42)50-21-11-15-41-14-4-5-18-49(41)50)54-22-8-6-19-51(54)45-25-24-43-37-56-53(36-46(43)35-45)52-20-7-9-23-55(52)58-56/h1-37H. The Morgan fingerprint density at radius 2 is 0.845 bits per heavy atom. The van der Waals surface area contributed by atoms with Crippen LogP contribution in [0.3, 0.4) is 0 Å². The van der Waals surface area contributed by atoms with E-state index in [0.29, 0.717) is 0 Å². The van der Waals surface area contributed by atoms with E-state index in [9.17, 15) is 0 Å². The number of rotatable bonds is 7. The molecule has 0 aliphatic rings. The molecular weight excluding hydrogens is 703 g/mol. The van der Waals surface area contributed by atoms with Crippen molar-refractivity contribution in [2.24, 2.45) is 0 Å². The minimum absolute atomic E-state index is 0.913. The fourth-order valence-corrected chi connectivity index (χ4v) is 8.56. The summed E-state index contributed by atoms with van der Waals surface area (Å²) in [4.78, 5) is 2.39. The van der Waals surface area contributed by atoms with Gasteiger partial charge in [0.1, 0.15) is 11.2 Å². The highest BCUT2D eigenvalue weighted by Crippen LogP contribution is 2.43. The van der Waals surface area contributed by atoms with Crippen LogP contribution >= 0.6 is 0 Å². The number of para-hydroxylation sites is 2.